The number of urea groups is 1. The SMILES string of the molecule is Cc1ccc(-c2nc(CCNC(=O)N3CC(C)CC(C(=O)O)C3)co2)cc1. The fraction of sp³-hybridized carbons (Fsp3) is 0.450. The van der Waals surface area contributed by atoms with Crippen molar-refractivity contribution in [3.8, 4) is 11.5 Å². The van der Waals surface area contributed by atoms with Gasteiger partial charge in [-0.05, 0) is 31.4 Å². The molecule has 2 amide bonds. The van der Waals surface area contributed by atoms with Crippen molar-refractivity contribution in [2.24, 2.45) is 11.8 Å². The van der Waals surface area contributed by atoms with Crippen LogP contribution in [-0.2, 0) is 11.2 Å². The molecule has 2 unspecified atom stereocenters. The van der Waals surface area contributed by atoms with Crippen LogP contribution in [0.3, 0.4) is 0 Å². The third kappa shape index (κ3) is 4.87. The molecule has 7 nitrogen and oxygen atoms in total. The highest BCUT2D eigenvalue weighted by atomic mass is 16.4. The van der Waals surface area contributed by atoms with Crippen molar-refractivity contribution in [2.45, 2.75) is 26.7 Å². The molecule has 2 N–H and O–H groups in total. The number of likely N-dealkylation sites (tertiary alicyclic amines) is 1. The lowest BCUT2D eigenvalue weighted by Gasteiger charge is -2.34. The maximum absolute atomic E-state index is 12.3. The number of carboxylic acids is 1. The average Bonchev–Trinajstić information content (AvgIpc) is 3.10. The van der Waals surface area contributed by atoms with Crippen LogP contribution in [0.1, 0.15) is 24.6 Å². The summed E-state index contributed by atoms with van der Waals surface area (Å²) in [6.45, 7) is 5.25. The molecule has 2 atom stereocenters. The number of hydrogen-bond acceptors (Lipinski definition) is 4. The Kier molecular flexibility index (Phi) is 5.78. The third-order valence-corrected chi connectivity index (χ3v) is 4.80. The molecule has 1 aliphatic heterocycles. The first-order chi connectivity index (χ1) is 12.9. The van der Waals surface area contributed by atoms with E-state index >= 15 is 0 Å². The number of oxazole rings is 1. The molecule has 27 heavy (non-hydrogen) atoms. The predicted molar refractivity (Wildman–Crippen MR) is 100 cm³/mol. The summed E-state index contributed by atoms with van der Waals surface area (Å²) >= 11 is 0. The molecule has 1 aromatic heterocycles. The van der Waals surface area contributed by atoms with Crippen molar-refractivity contribution in [2.75, 3.05) is 19.6 Å². The molecular weight excluding hydrogens is 346 g/mol. The molecule has 1 fully saturated rings. The second-order valence-electron chi connectivity index (χ2n) is 7.27. The Morgan fingerprint density at radius 2 is 2.04 bits per heavy atom. The van der Waals surface area contributed by atoms with Crippen molar-refractivity contribution >= 4 is 12.0 Å². The van der Waals surface area contributed by atoms with E-state index < -0.39 is 11.9 Å². The number of carbonyl (C=O) groups excluding carboxylic acids is 1. The zero-order valence-electron chi connectivity index (χ0n) is 15.6. The number of aromatic nitrogens is 1. The van der Waals surface area contributed by atoms with Gasteiger partial charge in [0, 0.05) is 31.6 Å². The first-order valence-electron chi connectivity index (χ1n) is 9.19. The second-order valence-corrected chi connectivity index (χ2v) is 7.27. The maximum atomic E-state index is 12.3. The number of carboxylic acid groups (broad SMARTS) is 1. The maximum Gasteiger partial charge on any atom is 0.317 e. The van der Waals surface area contributed by atoms with Gasteiger partial charge < -0.3 is 19.7 Å². The van der Waals surface area contributed by atoms with Crippen LogP contribution in [0.25, 0.3) is 11.5 Å². The van der Waals surface area contributed by atoms with Gasteiger partial charge in [0.25, 0.3) is 0 Å². The summed E-state index contributed by atoms with van der Waals surface area (Å²) in [6.07, 6.45) is 2.76. The summed E-state index contributed by atoms with van der Waals surface area (Å²) in [5, 5.41) is 12.1. The van der Waals surface area contributed by atoms with E-state index in [1.54, 1.807) is 11.2 Å². The molecule has 0 spiro atoms. The van der Waals surface area contributed by atoms with E-state index in [-0.39, 0.29) is 18.5 Å². The van der Waals surface area contributed by atoms with E-state index in [9.17, 15) is 14.7 Å². The average molecular weight is 371 g/mol. The van der Waals surface area contributed by atoms with Gasteiger partial charge in [-0.3, -0.25) is 4.79 Å². The predicted octanol–water partition coefficient (Wildman–Crippen LogP) is 2.94. The van der Waals surface area contributed by atoms with E-state index in [1.165, 1.54) is 5.56 Å². The van der Waals surface area contributed by atoms with E-state index in [0.29, 0.717) is 31.8 Å². The Morgan fingerprint density at radius 3 is 2.74 bits per heavy atom. The number of benzene rings is 1. The van der Waals surface area contributed by atoms with Gasteiger partial charge in [-0.15, -0.1) is 0 Å². The van der Waals surface area contributed by atoms with Gasteiger partial charge >= 0.3 is 12.0 Å². The molecule has 1 aliphatic rings. The number of amides is 2. The molecule has 2 heterocycles. The summed E-state index contributed by atoms with van der Waals surface area (Å²) in [5.74, 6) is -0.596. The summed E-state index contributed by atoms with van der Waals surface area (Å²) in [5.41, 5.74) is 2.85. The number of nitrogens with zero attached hydrogens (tertiary/aromatic N) is 2. The van der Waals surface area contributed by atoms with Crippen LogP contribution < -0.4 is 5.32 Å². The van der Waals surface area contributed by atoms with Crippen LogP contribution in [0.4, 0.5) is 4.79 Å². The van der Waals surface area contributed by atoms with Gasteiger partial charge in [0.15, 0.2) is 0 Å². The van der Waals surface area contributed by atoms with Crippen molar-refractivity contribution in [3.05, 3.63) is 41.8 Å². The van der Waals surface area contributed by atoms with Crippen molar-refractivity contribution in [1.82, 2.24) is 15.2 Å². The number of rotatable bonds is 5. The van der Waals surface area contributed by atoms with Gasteiger partial charge in [-0.25, -0.2) is 9.78 Å². The zero-order chi connectivity index (χ0) is 19.4. The van der Waals surface area contributed by atoms with Crippen molar-refractivity contribution < 1.29 is 19.1 Å². The lowest BCUT2D eigenvalue weighted by molar-refractivity contribution is -0.143. The minimum atomic E-state index is -0.842. The molecule has 0 bridgehead atoms. The van der Waals surface area contributed by atoms with E-state index in [2.05, 4.69) is 10.3 Å². The molecule has 7 heteroatoms. The van der Waals surface area contributed by atoms with Gasteiger partial charge in [0.2, 0.25) is 5.89 Å². The standard InChI is InChI=1S/C20H25N3O4/c1-13-3-5-15(6-4-13)18-22-17(12-27-18)7-8-21-20(26)23-10-14(2)9-16(11-23)19(24)25/h3-6,12,14,16H,7-11H2,1-2H3,(H,21,26)(H,24,25). The van der Waals surface area contributed by atoms with E-state index in [1.807, 2.05) is 38.1 Å². The van der Waals surface area contributed by atoms with E-state index in [0.717, 1.165) is 11.3 Å². The number of nitrogens with one attached hydrogen (secondary N) is 1. The fourth-order valence-electron chi connectivity index (χ4n) is 3.36. The number of aliphatic carboxylic acids is 1. The fourth-order valence-corrected chi connectivity index (χ4v) is 3.36. The highest BCUT2D eigenvalue weighted by molar-refractivity contribution is 5.76. The van der Waals surface area contributed by atoms with E-state index in [4.69, 9.17) is 4.42 Å². The second kappa shape index (κ2) is 8.24. The first-order valence-corrected chi connectivity index (χ1v) is 9.19. The highest BCUT2D eigenvalue weighted by Crippen LogP contribution is 2.22. The van der Waals surface area contributed by atoms with Gasteiger partial charge in [-0.2, -0.15) is 0 Å². The van der Waals surface area contributed by atoms with Crippen LogP contribution in [0, 0.1) is 18.8 Å². The van der Waals surface area contributed by atoms with Crippen LogP contribution >= 0.6 is 0 Å². The third-order valence-electron chi connectivity index (χ3n) is 4.80. The Bertz CT molecular complexity index is 800. The lowest BCUT2D eigenvalue weighted by Crippen LogP contribution is -2.49. The largest absolute Gasteiger partial charge is 0.481 e. The molecule has 1 aromatic carbocycles. The Hall–Kier alpha value is -2.83. The smallest absolute Gasteiger partial charge is 0.317 e. The molecule has 2 aromatic rings. The highest BCUT2D eigenvalue weighted by Gasteiger charge is 2.31. The van der Waals surface area contributed by atoms with Gasteiger partial charge in [0.1, 0.15) is 6.26 Å². The number of hydrogen-bond donors (Lipinski definition) is 2. The molecule has 0 saturated carbocycles. The van der Waals surface area contributed by atoms with Crippen molar-refractivity contribution in [1.29, 1.82) is 0 Å². The summed E-state index contributed by atoms with van der Waals surface area (Å²) in [7, 11) is 0. The molecule has 144 valence electrons. The normalized spacial score (nSPS) is 19.7. The Balaban J connectivity index is 1.50. The summed E-state index contributed by atoms with van der Waals surface area (Å²) in [4.78, 5) is 29.6. The van der Waals surface area contributed by atoms with Crippen LogP contribution in [0.5, 0.6) is 0 Å². The Labute approximate surface area is 158 Å². The molecule has 3 rings (SSSR count). The summed E-state index contributed by atoms with van der Waals surface area (Å²) in [6, 6.07) is 7.70. The lowest BCUT2D eigenvalue weighted by atomic mass is 9.91. The molecular formula is C20H25N3O4. The minimum Gasteiger partial charge on any atom is -0.481 e. The molecule has 0 radical (unpaired) electrons. The zero-order valence-corrected chi connectivity index (χ0v) is 15.6. The molecule has 1 saturated heterocycles. The summed E-state index contributed by atoms with van der Waals surface area (Å²) < 4.78 is 5.52. The quantitative estimate of drug-likeness (QED) is 0.842. The van der Waals surface area contributed by atoms with Crippen molar-refractivity contribution in [3.63, 3.8) is 0 Å². The van der Waals surface area contributed by atoms with Crippen LogP contribution in [-0.4, -0.2) is 46.6 Å². The van der Waals surface area contributed by atoms with Crippen LogP contribution in [0.2, 0.25) is 0 Å². The van der Waals surface area contributed by atoms with Gasteiger partial charge in [-0.1, -0.05) is 24.6 Å². The molecule has 0 aliphatic carbocycles. The van der Waals surface area contributed by atoms with Gasteiger partial charge in [0.05, 0.1) is 11.6 Å². The number of piperidine rings is 1. The number of aryl methyl sites for hydroxylation is 1. The monoisotopic (exact) mass is 371 g/mol. The topological polar surface area (TPSA) is 95.7 Å². The minimum absolute atomic E-state index is 0.179. The number of carbonyl (C=O) groups is 2. The first kappa shape index (κ1) is 18.9. The Morgan fingerprint density at radius 1 is 1.30 bits per heavy atom. The van der Waals surface area contributed by atoms with Crippen LogP contribution in [0.15, 0.2) is 34.9 Å².